The van der Waals surface area contributed by atoms with Crippen LogP contribution in [-0.2, 0) is 13.0 Å². The van der Waals surface area contributed by atoms with Crippen LogP contribution < -0.4 is 15.4 Å². The SMILES string of the molecule is COc1ccccc1NC(=O)c1nc(C(=O)NC(C)(C)C)n2c1CCCC2. The highest BCUT2D eigenvalue weighted by atomic mass is 16.5. The van der Waals surface area contributed by atoms with Gasteiger partial charge in [-0.25, -0.2) is 4.98 Å². The number of amides is 2. The number of hydrogen-bond acceptors (Lipinski definition) is 4. The number of methoxy groups -OCH3 is 1. The molecule has 2 aromatic rings. The maximum Gasteiger partial charge on any atom is 0.287 e. The van der Waals surface area contributed by atoms with Gasteiger partial charge in [-0.3, -0.25) is 9.59 Å². The molecular formula is C20H26N4O3. The Balaban J connectivity index is 1.93. The molecule has 0 fully saturated rings. The number of carbonyl (C=O) groups is 2. The number of carbonyl (C=O) groups excluding carboxylic acids is 2. The van der Waals surface area contributed by atoms with Crippen LogP contribution in [-0.4, -0.2) is 34.0 Å². The molecule has 0 unspecified atom stereocenters. The Morgan fingerprint density at radius 2 is 1.89 bits per heavy atom. The van der Waals surface area contributed by atoms with Crippen molar-refractivity contribution in [1.82, 2.24) is 14.9 Å². The number of rotatable bonds is 4. The average molecular weight is 370 g/mol. The Kier molecular flexibility index (Phi) is 5.21. The zero-order valence-corrected chi connectivity index (χ0v) is 16.3. The number of ether oxygens (including phenoxy) is 1. The molecule has 2 heterocycles. The Labute approximate surface area is 159 Å². The molecule has 1 aromatic heterocycles. The van der Waals surface area contributed by atoms with Crippen molar-refractivity contribution >= 4 is 17.5 Å². The van der Waals surface area contributed by atoms with Crippen LogP contribution in [0, 0.1) is 0 Å². The minimum Gasteiger partial charge on any atom is -0.495 e. The summed E-state index contributed by atoms with van der Waals surface area (Å²) in [4.78, 5) is 30.0. The fraction of sp³-hybridized carbons (Fsp3) is 0.450. The molecule has 2 amide bonds. The first-order valence-electron chi connectivity index (χ1n) is 9.16. The molecule has 7 nitrogen and oxygen atoms in total. The molecule has 0 radical (unpaired) electrons. The molecule has 0 aliphatic carbocycles. The normalized spacial score (nSPS) is 13.6. The fourth-order valence-corrected chi connectivity index (χ4v) is 3.22. The summed E-state index contributed by atoms with van der Waals surface area (Å²) in [6.07, 6.45) is 2.66. The van der Waals surface area contributed by atoms with Crippen LogP contribution in [0.25, 0.3) is 0 Å². The third-order valence-corrected chi connectivity index (χ3v) is 4.38. The lowest BCUT2D eigenvalue weighted by atomic mass is 10.1. The van der Waals surface area contributed by atoms with Crippen molar-refractivity contribution in [2.45, 2.75) is 52.1 Å². The number of hydrogen-bond donors (Lipinski definition) is 2. The molecule has 1 aliphatic rings. The average Bonchev–Trinajstić information content (AvgIpc) is 3.01. The number of anilines is 1. The summed E-state index contributed by atoms with van der Waals surface area (Å²) in [6.45, 7) is 6.44. The van der Waals surface area contributed by atoms with E-state index in [9.17, 15) is 9.59 Å². The quantitative estimate of drug-likeness (QED) is 0.866. The van der Waals surface area contributed by atoms with Crippen LogP contribution in [0.4, 0.5) is 5.69 Å². The van der Waals surface area contributed by atoms with E-state index in [0.29, 0.717) is 29.5 Å². The van der Waals surface area contributed by atoms with Gasteiger partial charge in [-0.05, 0) is 52.2 Å². The summed E-state index contributed by atoms with van der Waals surface area (Å²) in [5, 5.41) is 5.79. The van der Waals surface area contributed by atoms with Crippen molar-refractivity contribution in [3.8, 4) is 5.75 Å². The van der Waals surface area contributed by atoms with Gasteiger partial charge in [0.05, 0.1) is 18.5 Å². The minimum absolute atomic E-state index is 0.262. The Morgan fingerprint density at radius 1 is 1.15 bits per heavy atom. The second kappa shape index (κ2) is 7.42. The highest BCUT2D eigenvalue weighted by molar-refractivity contribution is 6.05. The van der Waals surface area contributed by atoms with E-state index >= 15 is 0 Å². The van der Waals surface area contributed by atoms with Crippen LogP contribution in [0.15, 0.2) is 24.3 Å². The highest BCUT2D eigenvalue weighted by Crippen LogP contribution is 2.26. The van der Waals surface area contributed by atoms with Crippen molar-refractivity contribution in [2.24, 2.45) is 0 Å². The third kappa shape index (κ3) is 4.13. The molecule has 0 bridgehead atoms. The van der Waals surface area contributed by atoms with E-state index in [1.165, 1.54) is 0 Å². The number of fused-ring (bicyclic) bond motifs is 1. The van der Waals surface area contributed by atoms with Gasteiger partial charge < -0.3 is 19.9 Å². The molecule has 1 aliphatic heterocycles. The van der Waals surface area contributed by atoms with E-state index in [2.05, 4.69) is 15.6 Å². The highest BCUT2D eigenvalue weighted by Gasteiger charge is 2.29. The number of imidazole rings is 1. The van der Waals surface area contributed by atoms with E-state index < -0.39 is 0 Å². The Hall–Kier alpha value is -2.83. The van der Waals surface area contributed by atoms with Crippen molar-refractivity contribution in [2.75, 3.05) is 12.4 Å². The van der Waals surface area contributed by atoms with Gasteiger partial charge in [0.25, 0.3) is 11.8 Å². The zero-order valence-electron chi connectivity index (χ0n) is 16.3. The summed E-state index contributed by atoms with van der Waals surface area (Å²) in [6, 6.07) is 7.21. The predicted octanol–water partition coefficient (Wildman–Crippen LogP) is 3.01. The van der Waals surface area contributed by atoms with Gasteiger partial charge >= 0.3 is 0 Å². The van der Waals surface area contributed by atoms with E-state index in [1.807, 2.05) is 37.5 Å². The van der Waals surface area contributed by atoms with Crippen LogP contribution in [0.3, 0.4) is 0 Å². The van der Waals surface area contributed by atoms with Crippen molar-refractivity contribution in [1.29, 1.82) is 0 Å². The number of aromatic nitrogens is 2. The molecule has 0 saturated heterocycles. The number of nitrogens with zero attached hydrogens (tertiary/aromatic N) is 2. The lowest BCUT2D eigenvalue weighted by Crippen LogP contribution is -2.42. The van der Waals surface area contributed by atoms with Gasteiger partial charge in [-0.1, -0.05) is 12.1 Å². The van der Waals surface area contributed by atoms with Gasteiger partial charge in [-0.15, -0.1) is 0 Å². The summed E-state index contributed by atoms with van der Waals surface area (Å²) >= 11 is 0. The van der Waals surface area contributed by atoms with Crippen molar-refractivity contribution in [3.05, 3.63) is 41.5 Å². The first-order valence-corrected chi connectivity index (χ1v) is 9.16. The van der Waals surface area contributed by atoms with Gasteiger partial charge in [0.2, 0.25) is 0 Å². The maximum atomic E-state index is 12.9. The molecule has 2 N–H and O–H groups in total. The van der Waals surface area contributed by atoms with Gasteiger partial charge in [0, 0.05) is 12.1 Å². The molecule has 144 valence electrons. The topological polar surface area (TPSA) is 85.2 Å². The fourth-order valence-electron chi connectivity index (χ4n) is 3.22. The number of nitrogens with one attached hydrogen (secondary N) is 2. The monoisotopic (exact) mass is 370 g/mol. The van der Waals surface area contributed by atoms with Crippen molar-refractivity contribution in [3.63, 3.8) is 0 Å². The molecule has 0 spiro atoms. The molecule has 7 heteroatoms. The van der Waals surface area contributed by atoms with Gasteiger partial charge in [0.15, 0.2) is 11.5 Å². The molecule has 3 rings (SSSR count). The van der Waals surface area contributed by atoms with Gasteiger partial charge in [-0.2, -0.15) is 0 Å². The largest absolute Gasteiger partial charge is 0.495 e. The van der Waals surface area contributed by atoms with E-state index in [1.54, 1.807) is 19.2 Å². The molecular weight excluding hydrogens is 344 g/mol. The smallest absolute Gasteiger partial charge is 0.287 e. The van der Waals surface area contributed by atoms with Gasteiger partial charge in [0.1, 0.15) is 5.75 Å². The summed E-state index contributed by atoms with van der Waals surface area (Å²) < 4.78 is 7.17. The van der Waals surface area contributed by atoms with E-state index in [-0.39, 0.29) is 17.4 Å². The second-order valence-electron chi connectivity index (χ2n) is 7.70. The summed E-state index contributed by atoms with van der Waals surface area (Å²) in [7, 11) is 1.55. The summed E-state index contributed by atoms with van der Waals surface area (Å²) in [5.74, 6) is 0.274. The lowest BCUT2D eigenvalue weighted by Gasteiger charge is -2.22. The predicted molar refractivity (Wildman–Crippen MR) is 103 cm³/mol. The molecule has 0 atom stereocenters. The van der Waals surface area contributed by atoms with Crippen LogP contribution in [0.5, 0.6) is 5.75 Å². The van der Waals surface area contributed by atoms with E-state index in [0.717, 1.165) is 25.0 Å². The number of benzene rings is 1. The standard InChI is InChI=1S/C20H26N4O3/c1-20(2,3)23-19(26)17-22-16(14-10-7-8-12-24(14)17)18(25)21-13-9-5-6-11-15(13)27-4/h5-6,9,11H,7-8,10,12H2,1-4H3,(H,21,25)(H,23,26). The van der Waals surface area contributed by atoms with Crippen LogP contribution in [0.2, 0.25) is 0 Å². The minimum atomic E-state index is -0.377. The first-order chi connectivity index (χ1) is 12.8. The molecule has 1 aromatic carbocycles. The molecule has 27 heavy (non-hydrogen) atoms. The zero-order chi connectivity index (χ0) is 19.6. The second-order valence-corrected chi connectivity index (χ2v) is 7.70. The molecule has 0 saturated carbocycles. The summed E-state index contributed by atoms with van der Waals surface area (Å²) in [5.41, 5.74) is 1.31. The Morgan fingerprint density at radius 3 is 2.59 bits per heavy atom. The number of para-hydroxylation sites is 2. The maximum absolute atomic E-state index is 12.9. The third-order valence-electron chi connectivity index (χ3n) is 4.38. The van der Waals surface area contributed by atoms with Crippen molar-refractivity contribution < 1.29 is 14.3 Å². The lowest BCUT2D eigenvalue weighted by molar-refractivity contribution is 0.0903. The van der Waals surface area contributed by atoms with Crippen LogP contribution >= 0.6 is 0 Å². The Bertz CT molecular complexity index is 865. The van der Waals surface area contributed by atoms with Crippen LogP contribution in [0.1, 0.15) is 60.4 Å². The van der Waals surface area contributed by atoms with E-state index in [4.69, 9.17) is 4.74 Å². The first kappa shape index (κ1) is 18.9.